The van der Waals surface area contributed by atoms with E-state index >= 15 is 0 Å². The molecule has 0 saturated carbocycles. The number of hydrogen-bond donors (Lipinski definition) is 2. The third-order valence-corrected chi connectivity index (χ3v) is 6.20. The maximum atomic E-state index is 12.3. The van der Waals surface area contributed by atoms with Crippen LogP contribution in [-0.4, -0.2) is 16.8 Å². The molecule has 2 aromatic rings. The molecule has 0 atom stereocenters. The molecule has 0 aliphatic rings. The summed E-state index contributed by atoms with van der Waals surface area (Å²) in [6, 6.07) is 7.18. The minimum atomic E-state index is -4.04. The zero-order valence-corrected chi connectivity index (χ0v) is 15.0. The Morgan fingerprint density at radius 3 is 1.87 bits per heavy atom. The lowest BCUT2D eigenvalue weighted by Gasteiger charge is -2.11. The second-order valence-electron chi connectivity index (χ2n) is 4.37. The highest BCUT2D eigenvalue weighted by molar-refractivity contribution is 7.92. The summed E-state index contributed by atoms with van der Waals surface area (Å²) < 4.78 is 49.2. The minimum absolute atomic E-state index is 0.0287. The molecule has 2 rings (SSSR count). The van der Waals surface area contributed by atoms with Gasteiger partial charge in [0.15, 0.2) is 0 Å². The second kappa shape index (κ2) is 6.46. The van der Waals surface area contributed by atoms with Gasteiger partial charge in [-0.1, -0.05) is 34.8 Å². The summed E-state index contributed by atoms with van der Waals surface area (Å²) in [6.45, 7) is 0. The van der Waals surface area contributed by atoms with Crippen LogP contribution in [0.4, 0.5) is 5.69 Å². The fourth-order valence-electron chi connectivity index (χ4n) is 1.63. The van der Waals surface area contributed by atoms with E-state index in [1.54, 1.807) is 0 Å². The highest BCUT2D eigenvalue weighted by Gasteiger charge is 2.20. The molecule has 0 aromatic heterocycles. The van der Waals surface area contributed by atoms with Gasteiger partial charge in [-0.15, -0.1) is 0 Å². The number of hydrogen-bond acceptors (Lipinski definition) is 4. The normalized spacial score (nSPS) is 12.2. The lowest BCUT2D eigenvalue weighted by Crippen LogP contribution is -2.14. The molecule has 0 aliphatic heterocycles. The van der Waals surface area contributed by atoms with Crippen LogP contribution in [0, 0.1) is 0 Å². The van der Waals surface area contributed by atoms with Gasteiger partial charge in [-0.2, -0.15) is 0 Å². The molecule has 23 heavy (non-hydrogen) atoms. The number of nitrogens with two attached hydrogens (primary N) is 1. The van der Waals surface area contributed by atoms with E-state index in [1.807, 2.05) is 0 Å². The second-order valence-corrected chi connectivity index (χ2v) is 8.81. The Morgan fingerprint density at radius 1 is 0.826 bits per heavy atom. The van der Waals surface area contributed by atoms with Crippen LogP contribution in [0.3, 0.4) is 0 Å². The van der Waals surface area contributed by atoms with Crippen LogP contribution in [0.2, 0.25) is 15.1 Å². The van der Waals surface area contributed by atoms with Crippen molar-refractivity contribution in [3.8, 4) is 0 Å². The van der Waals surface area contributed by atoms with E-state index in [9.17, 15) is 16.8 Å². The van der Waals surface area contributed by atoms with Gasteiger partial charge in [0.05, 0.1) is 20.0 Å². The van der Waals surface area contributed by atoms with Crippen LogP contribution in [0.1, 0.15) is 0 Å². The van der Waals surface area contributed by atoms with E-state index in [-0.39, 0.29) is 30.5 Å². The number of rotatable bonds is 4. The van der Waals surface area contributed by atoms with E-state index in [2.05, 4.69) is 4.72 Å². The lowest BCUT2D eigenvalue weighted by molar-refractivity contribution is 0.597. The van der Waals surface area contributed by atoms with Crippen molar-refractivity contribution in [1.29, 1.82) is 0 Å². The van der Waals surface area contributed by atoms with E-state index in [0.717, 1.165) is 6.07 Å². The quantitative estimate of drug-likeness (QED) is 0.748. The van der Waals surface area contributed by atoms with Crippen molar-refractivity contribution in [2.24, 2.45) is 5.14 Å². The molecule has 2 aromatic carbocycles. The fourth-order valence-corrected chi connectivity index (χ4v) is 4.21. The summed E-state index contributed by atoms with van der Waals surface area (Å²) in [5.74, 6) is 0. The van der Waals surface area contributed by atoms with Crippen molar-refractivity contribution in [2.45, 2.75) is 9.79 Å². The predicted molar refractivity (Wildman–Crippen MR) is 90.1 cm³/mol. The molecule has 0 amide bonds. The molecule has 0 unspecified atom stereocenters. The van der Waals surface area contributed by atoms with Crippen LogP contribution >= 0.6 is 34.8 Å². The maximum absolute atomic E-state index is 12.3. The number of anilines is 1. The first kappa shape index (κ1) is 18.3. The van der Waals surface area contributed by atoms with Crippen LogP contribution in [0.15, 0.2) is 46.2 Å². The van der Waals surface area contributed by atoms with Crippen molar-refractivity contribution >= 4 is 60.5 Å². The zero-order chi connectivity index (χ0) is 17.4. The molecule has 6 nitrogen and oxygen atoms in total. The molecular weight excluding hydrogens is 407 g/mol. The first-order valence-electron chi connectivity index (χ1n) is 5.81. The van der Waals surface area contributed by atoms with E-state index < -0.39 is 20.0 Å². The topological polar surface area (TPSA) is 106 Å². The molecule has 0 bridgehead atoms. The average molecular weight is 416 g/mol. The van der Waals surface area contributed by atoms with Crippen molar-refractivity contribution in [3.05, 3.63) is 51.5 Å². The van der Waals surface area contributed by atoms with Crippen molar-refractivity contribution < 1.29 is 16.8 Å². The molecule has 0 radical (unpaired) electrons. The summed E-state index contributed by atoms with van der Waals surface area (Å²) in [4.78, 5) is -0.405. The molecule has 124 valence electrons. The van der Waals surface area contributed by atoms with Gasteiger partial charge in [0.25, 0.3) is 10.0 Å². The highest BCUT2D eigenvalue weighted by Crippen LogP contribution is 2.32. The molecule has 0 heterocycles. The number of halogens is 3. The van der Waals surface area contributed by atoms with E-state index in [0.29, 0.717) is 0 Å². The molecule has 0 aliphatic carbocycles. The Hall–Kier alpha value is -1.03. The number of primary sulfonamides is 1. The summed E-state index contributed by atoms with van der Waals surface area (Å²) in [7, 11) is -7.90. The van der Waals surface area contributed by atoms with Crippen molar-refractivity contribution in [3.63, 3.8) is 0 Å². The van der Waals surface area contributed by atoms with Crippen molar-refractivity contribution in [1.82, 2.24) is 0 Å². The lowest BCUT2D eigenvalue weighted by atomic mass is 10.3. The highest BCUT2D eigenvalue weighted by atomic mass is 35.5. The molecule has 0 fully saturated rings. The van der Waals surface area contributed by atoms with Gasteiger partial charge in [0, 0.05) is 5.69 Å². The van der Waals surface area contributed by atoms with Gasteiger partial charge in [-0.05, 0) is 36.4 Å². The Kier molecular flexibility index (Phi) is 5.15. The summed E-state index contributed by atoms with van der Waals surface area (Å²) >= 11 is 17.4. The summed E-state index contributed by atoms with van der Waals surface area (Å²) in [6.07, 6.45) is 0. The smallest absolute Gasteiger partial charge is 0.263 e. The molecular formula is C12H9Cl3N2O4S2. The molecule has 0 spiro atoms. The predicted octanol–water partition coefficient (Wildman–Crippen LogP) is 3.10. The average Bonchev–Trinajstić information content (AvgIpc) is 2.41. The van der Waals surface area contributed by atoms with Crippen LogP contribution in [0.5, 0.6) is 0 Å². The first-order valence-corrected chi connectivity index (χ1v) is 9.97. The fraction of sp³-hybridized carbons (Fsp3) is 0. The van der Waals surface area contributed by atoms with Crippen LogP contribution in [0.25, 0.3) is 0 Å². The van der Waals surface area contributed by atoms with Crippen LogP contribution in [-0.2, 0) is 20.0 Å². The Balaban J connectivity index is 2.37. The third-order valence-electron chi connectivity index (χ3n) is 2.70. The van der Waals surface area contributed by atoms with Crippen LogP contribution < -0.4 is 9.86 Å². The Bertz CT molecular complexity index is 959. The SMILES string of the molecule is NS(=O)(=O)c1ccc(NS(=O)(=O)c2cc(Cl)c(Cl)cc2Cl)cc1. The summed E-state index contributed by atoms with van der Waals surface area (Å²) in [5, 5.41) is 5.01. The minimum Gasteiger partial charge on any atom is -0.280 e. The van der Waals surface area contributed by atoms with Gasteiger partial charge in [-0.3, -0.25) is 4.72 Å². The first-order chi connectivity index (χ1) is 10.5. The molecule has 11 heteroatoms. The standard InChI is InChI=1S/C12H9Cl3N2O4S2/c13-9-5-11(15)12(6-10(9)14)23(20,21)17-7-1-3-8(4-2-7)22(16,18)19/h1-6,17H,(H2,16,18,19). The Labute approximate surface area is 148 Å². The zero-order valence-electron chi connectivity index (χ0n) is 11.1. The van der Waals surface area contributed by atoms with Gasteiger partial charge in [-0.25, -0.2) is 22.0 Å². The monoisotopic (exact) mass is 414 g/mol. The van der Waals surface area contributed by atoms with E-state index in [1.165, 1.54) is 30.3 Å². The largest absolute Gasteiger partial charge is 0.280 e. The molecule has 3 N–H and O–H groups in total. The van der Waals surface area contributed by atoms with E-state index in [4.69, 9.17) is 39.9 Å². The number of sulfonamides is 2. The number of benzene rings is 2. The van der Waals surface area contributed by atoms with Gasteiger partial charge in [0.1, 0.15) is 4.90 Å². The molecule has 0 saturated heterocycles. The summed E-state index contributed by atoms with van der Waals surface area (Å²) in [5.41, 5.74) is 0.125. The number of nitrogens with one attached hydrogen (secondary N) is 1. The van der Waals surface area contributed by atoms with Gasteiger partial charge in [0.2, 0.25) is 10.0 Å². The Morgan fingerprint density at radius 2 is 1.35 bits per heavy atom. The van der Waals surface area contributed by atoms with Crippen molar-refractivity contribution in [2.75, 3.05) is 4.72 Å². The van der Waals surface area contributed by atoms with Gasteiger partial charge < -0.3 is 0 Å². The van der Waals surface area contributed by atoms with Gasteiger partial charge >= 0.3 is 0 Å². The third kappa shape index (κ3) is 4.28. The maximum Gasteiger partial charge on any atom is 0.263 e.